The van der Waals surface area contributed by atoms with Crippen molar-refractivity contribution in [2.45, 2.75) is 69.6 Å². The molecule has 0 saturated heterocycles. The van der Waals surface area contributed by atoms with Gasteiger partial charge in [-0.1, -0.05) is 12.8 Å². The number of hydrogen-bond acceptors (Lipinski definition) is 3. The van der Waals surface area contributed by atoms with Crippen LogP contribution in [0.1, 0.15) is 45.4 Å². The van der Waals surface area contributed by atoms with Crippen molar-refractivity contribution in [1.82, 2.24) is 9.80 Å². The summed E-state index contributed by atoms with van der Waals surface area (Å²) in [7, 11) is 4.26. The molecule has 4 nitrogen and oxygen atoms in total. The molecule has 3 atom stereocenters. The van der Waals surface area contributed by atoms with Crippen LogP contribution in [0.3, 0.4) is 0 Å². The highest BCUT2D eigenvalue weighted by Gasteiger charge is 2.42. The van der Waals surface area contributed by atoms with Gasteiger partial charge in [0, 0.05) is 18.1 Å². The Morgan fingerprint density at radius 2 is 1.67 bits per heavy atom. The maximum Gasteiger partial charge on any atom is 0.239 e. The largest absolute Gasteiger partial charge is 0.334 e. The third-order valence-electron chi connectivity index (χ3n) is 4.30. The summed E-state index contributed by atoms with van der Waals surface area (Å²) in [5, 5.41) is 0. The van der Waals surface area contributed by atoms with Crippen molar-refractivity contribution in [2.75, 3.05) is 14.1 Å². The molecular weight excluding hydrogens is 226 g/mol. The first-order valence-corrected chi connectivity index (χ1v) is 7.26. The van der Waals surface area contributed by atoms with Gasteiger partial charge >= 0.3 is 0 Å². The van der Waals surface area contributed by atoms with Crippen molar-refractivity contribution in [1.29, 1.82) is 0 Å². The molecule has 0 unspecified atom stereocenters. The van der Waals surface area contributed by atoms with E-state index in [9.17, 15) is 4.79 Å². The molecule has 4 heteroatoms. The molecule has 2 aliphatic carbocycles. The van der Waals surface area contributed by atoms with E-state index >= 15 is 0 Å². The summed E-state index contributed by atoms with van der Waals surface area (Å²) in [6.45, 7) is 1.81. The predicted molar refractivity (Wildman–Crippen MR) is 73.2 cm³/mol. The van der Waals surface area contributed by atoms with Crippen molar-refractivity contribution in [3.63, 3.8) is 0 Å². The molecule has 18 heavy (non-hydrogen) atoms. The van der Waals surface area contributed by atoms with Gasteiger partial charge in [-0.3, -0.25) is 4.79 Å². The first-order valence-electron chi connectivity index (χ1n) is 7.26. The van der Waals surface area contributed by atoms with Gasteiger partial charge in [0.25, 0.3) is 0 Å². The smallest absolute Gasteiger partial charge is 0.239 e. The van der Waals surface area contributed by atoms with Crippen LogP contribution in [-0.2, 0) is 4.79 Å². The van der Waals surface area contributed by atoms with Crippen molar-refractivity contribution < 1.29 is 4.79 Å². The molecule has 0 aromatic heterocycles. The zero-order valence-electron chi connectivity index (χ0n) is 11.9. The summed E-state index contributed by atoms with van der Waals surface area (Å²) >= 11 is 0. The molecule has 0 heterocycles. The second-order valence-electron chi connectivity index (χ2n) is 6.15. The van der Waals surface area contributed by atoms with E-state index < -0.39 is 0 Å². The minimum atomic E-state index is -0.365. The van der Waals surface area contributed by atoms with Crippen LogP contribution in [0.4, 0.5) is 0 Å². The fourth-order valence-electron chi connectivity index (χ4n) is 3.22. The van der Waals surface area contributed by atoms with E-state index in [0.717, 1.165) is 19.3 Å². The highest BCUT2D eigenvalue weighted by atomic mass is 16.2. The number of rotatable bonds is 4. The van der Waals surface area contributed by atoms with Crippen LogP contribution < -0.4 is 5.73 Å². The Kier molecular flexibility index (Phi) is 4.28. The Morgan fingerprint density at radius 1 is 1.11 bits per heavy atom. The van der Waals surface area contributed by atoms with Crippen LogP contribution in [0.25, 0.3) is 0 Å². The lowest BCUT2D eigenvalue weighted by Crippen LogP contribution is -2.57. The first kappa shape index (κ1) is 13.8. The van der Waals surface area contributed by atoms with Gasteiger partial charge in [-0.2, -0.15) is 0 Å². The lowest BCUT2D eigenvalue weighted by Gasteiger charge is -2.43. The number of carbonyl (C=O) groups is 1. The summed E-state index contributed by atoms with van der Waals surface area (Å²) in [6, 6.07) is 0.978. The number of carbonyl (C=O) groups excluding carboxylic acids is 1. The average molecular weight is 253 g/mol. The van der Waals surface area contributed by atoms with E-state index in [0.29, 0.717) is 18.1 Å². The second-order valence-corrected chi connectivity index (χ2v) is 6.15. The molecule has 104 valence electrons. The van der Waals surface area contributed by atoms with Gasteiger partial charge in [0.05, 0.1) is 6.04 Å². The minimum Gasteiger partial charge on any atom is -0.334 e. The van der Waals surface area contributed by atoms with Crippen LogP contribution >= 0.6 is 0 Å². The van der Waals surface area contributed by atoms with E-state index in [-0.39, 0.29) is 11.9 Å². The quantitative estimate of drug-likeness (QED) is 0.819. The molecule has 0 aliphatic heterocycles. The Morgan fingerprint density at radius 3 is 2.11 bits per heavy atom. The van der Waals surface area contributed by atoms with Gasteiger partial charge in [-0.25, -0.2) is 0 Å². The van der Waals surface area contributed by atoms with Crippen LogP contribution in [-0.4, -0.2) is 54.0 Å². The van der Waals surface area contributed by atoms with Gasteiger partial charge in [0.1, 0.15) is 0 Å². The zero-order chi connectivity index (χ0) is 13.3. The average Bonchev–Trinajstić information content (AvgIpc) is 3.14. The van der Waals surface area contributed by atoms with Gasteiger partial charge < -0.3 is 15.5 Å². The normalized spacial score (nSPS) is 30.3. The molecule has 2 fully saturated rings. The summed E-state index contributed by atoms with van der Waals surface area (Å²) in [4.78, 5) is 16.8. The van der Waals surface area contributed by atoms with Crippen LogP contribution in [0, 0.1) is 0 Å². The molecule has 0 aromatic carbocycles. The zero-order valence-corrected chi connectivity index (χ0v) is 11.9. The third kappa shape index (κ3) is 2.86. The van der Waals surface area contributed by atoms with Crippen LogP contribution in [0.15, 0.2) is 0 Å². The summed E-state index contributed by atoms with van der Waals surface area (Å²) < 4.78 is 0. The van der Waals surface area contributed by atoms with Crippen molar-refractivity contribution >= 4 is 5.91 Å². The standard InChI is InChI=1S/C14H27N3O/c1-10(15)14(18)17(11-8-9-11)13-7-5-4-6-12(13)16(2)3/h10-13H,4-9,15H2,1-3H3/t10-,12+,13-/m0/s1. The molecule has 2 aliphatic rings. The molecule has 2 N–H and O–H groups in total. The fourth-order valence-corrected chi connectivity index (χ4v) is 3.22. The van der Waals surface area contributed by atoms with Gasteiger partial charge in [-0.05, 0) is 46.7 Å². The van der Waals surface area contributed by atoms with Gasteiger partial charge in [-0.15, -0.1) is 0 Å². The maximum absolute atomic E-state index is 12.4. The number of likely N-dealkylation sites (N-methyl/N-ethyl adjacent to an activating group) is 1. The van der Waals surface area contributed by atoms with Crippen molar-refractivity contribution in [3.8, 4) is 0 Å². The molecular formula is C14H27N3O. The molecule has 0 bridgehead atoms. The lowest BCUT2D eigenvalue weighted by molar-refractivity contribution is -0.137. The number of hydrogen-bond donors (Lipinski definition) is 1. The third-order valence-corrected chi connectivity index (χ3v) is 4.30. The summed E-state index contributed by atoms with van der Waals surface area (Å²) in [5.74, 6) is 0.149. The van der Waals surface area contributed by atoms with Gasteiger partial charge in [0.15, 0.2) is 0 Å². The first-order chi connectivity index (χ1) is 8.52. The SMILES string of the molecule is C[C@H](N)C(=O)N(C1CC1)[C@H]1CCCC[C@H]1N(C)C. The Labute approximate surface area is 110 Å². The number of amides is 1. The second kappa shape index (κ2) is 5.57. The van der Waals surface area contributed by atoms with Crippen LogP contribution in [0.5, 0.6) is 0 Å². The predicted octanol–water partition coefficient (Wildman–Crippen LogP) is 1.20. The van der Waals surface area contributed by atoms with Crippen molar-refractivity contribution in [2.24, 2.45) is 5.73 Å². The number of nitrogens with zero attached hydrogens (tertiary/aromatic N) is 2. The lowest BCUT2D eigenvalue weighted by atomic mass is 9.88. The molecule has 0 radical (unpaired) electrons. The van der Waals surface area contributed by atoms with E-state index in [1.807, 2.05) is 6.92 Å². The molecule has 2 rings (SSSR count). The Bertz CT molecular complexity index is 299. The van der Waals surface area contributed by atoms with E-state index in [1.54, 1.807) is 0 Å². The highest BCUT2D eigenvalue weighted by molar-refractivity contribution is 5.82. The van der Waals surface area contributed by atoms with Crippen molar-refractivity contribution in [3.05, 3.63) is 0 Å². The number of nitrogens with two attached hydrogens (primary N) is 1. The highest BCUT2D eigenvalue weighted by Crippen LogP contribution is 2.35. The van der Waals surface area contributed by atoms with E-state index in [1.165, 1.54) is 19.3 Å². The Balaban J connectivity index is 2.15. The van der Waals surface area contributed by atoms with Crippen LogP contribution in [0.2, 0.25) is 0 Å². The summed E-state index contributed by atoms with van der Waals surface area (Å²) in [6.07, 6.45) is 7.18. The molecule has 1 amide bonds. The summed E-state index contributed by atoms with van der Waals surface area (Å²) in [5.41, 5.74) is 5.83. The minimum absolute atomic E-state index is 0.149. The topological polar surface area (TPSA) is 49.6 Å². The van der Waals surface area contributed by atoms with E-state index in [2.05, 4.69) is 23.9 Å². The fraction of sp³-hybridized carbons (Fsp3) is 0.929. The Hall–Kier alpha value is -0.610. The maximum atomic E-state index is 12.4. The monoisotopic (exact) mass is 253 g/mol. The van der Waals surface area contributed by atoms with Gasteiger partial charge in [0.2, 0.25) is 5.91 Å². The molecule has 0 spiro atoms. The van der Waals surface area contributed by atoms with E-state index in [4.69, 9.17) is 5.73 Å². The molecule has 2 saturated carbocycles. The molecule has 0 aromatic rings.